The van der Waals surface area contributed by atoms with Crippen molar-refractivity contribution in [1.29, 1.82) is 0 Å². The van der Waals surface area contributed by atoms with Crippen LogP contribution in [0.1, 0.15) is 71.3 Å². The van der Waals surface area contributed by atoms with E-state index in [0.29, 0.717) is 5.70 Å². The molecule has 7 heteroatoms. The van der Waals surface area contributed by atoms with Gasteiger partial charge in [-0.25, -0.2) is 9.97 Å². The Morgan fingerprint density at radius 2 is 2.00 bits per heavy atom. The zero-order valence-electron chi connectivity index (χ0n) is 19.9. The highest BCUT2D eigenvalue weighted by atomic mass is 32.1. The molecule has 1 unspecified atom stereocenters. The lowest BCUT2D eigenvalue weighted by Crippen LogP contribution is -2.22. The summed E-state index contributed by atoms with van der Waals surface area (Å²) in [7, 11) is 1.92. The Morgan fingerprint density at radius 1 is 1.32 bits per heavy atom. The Labute approximate surface area is 191 Å². The Bertz CT molecular complexity index is 907. The van der Waals surface area contributed by atoms with E-state index in [-0.39, 0.29) is 11.9 Å². The van der Waals surface area contributed by atoms with Crippen molar-refractivity contribution in [3.63, 3.8) is 0 Å². The number of likely N-dealkylation sites (N-methyl/N-ethyl adjacent to an activating group) is 1. The molecule has 0 bridgehead atoms. The maximum atomic E-state index is 11.5. The maximum absolute atomic E-state index is 11.5. The molecular weight excluding hydrogens is 406 g/mol. The first-order chi connectivity index (χ1) is 14.8. The normalized spacial score (nSPS) is 13.1. The van der Waals surface area contributed by atoms with E-state index in [1.54, 1.807) is 23.6 Å². The summed E-state index contributed by atoms with van der Waals surface area (Å²) < 4.78 is 0. The largest absolute Gasteiger partial charge is 0.340 e. The van der Waals surface area contributed by atoms with Crippen LogP contribution in [0.5, 0.6) is 0 Å². The predicted molar refractivity (Wildman–Crippen MR) is 132 cm³/mol. The molecule has 0 fully saturated rings. The van der Waals surface area contributed by atoms with Crippen LogP contribution < -0.4 is 10.6 Å². The van der Waals surface area contributed by atoms with Gasteiger partial charge in [-0.15, -0.1) is 11.3 Å². The number of carbonyl (C=O) groups is 1. The number of hydrogen-bond acceptors (Lipinski definition) is 5. The van der Waals surface area contributed by atoms with Crippen molar-refractivity contribution < 1.29 is 4.79 Å². The topological polar surface area (TPSA) is 82.7 Å². The van der Waals surface area contributed by atoms with Gasteiger partial charge in [0.1, 0.15) is 0 Å². The Hall–Kier alpha value is -2.51. The summed E-state index contributed by atoms with van der Waals surface area (Å²) in [6.07, 6.45) is 8.69. The lowest BCUT2D eigenvalue weighted by atomic mass is 9.95. The standard InChI is InChI=1S/C21H29N5OS.C3H8/c1-7-9-13(3)17(10-16(8-2)25-15(5)27)19(22-6)18-12-28-21(26-18)20-23-11-14(4)24-20;1-3-2/h8,10-12,19,22H,2,7,9H2,1,3-6H3,(H,23,24)(H,25,27);3H2,1-2H3/b16-10+,17-13-;. The van der Waals surface area contributed by atoms with Gasteiger partial charge in [-0.2, -0.15) is 0 Å². The summed E-state index contributed by atoms with van der Waals surface area (Å²) in [5, 5.41) is 9.11. The van der Waals surface area contributed by atoms with Gasteiger partial charge < -0.3 is 15.6 Å². The number of aromatic nitrogens is 3. The number of thiazole rings is 1. The van der Waals surface area contributed by atoms with Gasteiger partial charge in [0.25, 0.3) is 0 Å². The number of rotatable bonds is 9. The van der Waals surface area contributed by atoms with Gasteiger partial charge >= 0.3 is 0 Å². The van der Waals surface area contributed by atoms with Crippen LogP contribution in [-0.2, 0) is 4.79 Å². The summed E-state index contributed by atoms with van der Waals surface area (Å²) in [4.78, 5) is 23.9. The van der Waals surface area contributed by atoms with Crippen LogP contribution in [-0.4, -0.2) is 27.9 Å². The van der Waals surface area contributed by atoms with Crippen LogP contribution in [0.25, 0.3) is 10.8 Å². The lowest BCUT2D eigenvalue weighted by Gasteiger charge is -2.20. The number of carbonyl (C=O) groups excluding carboxylic acids is 1. The third-order valence-corrected chi connectivity index (χ3v) is 5.16. The molecule has 6 nitrogen and oxygen atoms in total. The van der Waals surface area contributed by atoms with E-state index < -0.39 is 0 Å². The minimum absolute atomic E-state index is 0.101. The summed E-state index contributed by atoms with van der Waals surface area (Å²) in [5.41, 5.74) is 4.93. The minimum Gasteiger partial charge on any atom is -0.340 e. The van der Waals surface area contributed by atoms with Crippen LogP contribution >= 0.6 is 11.3 Å². The van der Waals surface area contributed by atoms with Crippen molar-refractivity contribution in [2.75, 3.05) is 7.05 Å². The summed E-state index contributed by atoms with van der Waals surface area (Å²) in [6, 6.07) is -0.101. The maximum Gasteiger partial charge on any atom is 0.221 e. The van der Waals surface area contributed by atoms with Crippen molar-refractivity contribution >= 4 is 17.2 Å². The highest BCUT2D eigenvalue weighted by molar-refractivity contribution is 7.13. The number of aryl methyl sites for hydroxylation is 1. The van der Waals surface area contributed by atoms with Gasteiger partial charge in [0.05, 0.1) is 11.7 Å². The molecule has 2 rings (SSSR count). The van der Waals surface area contributed by atoms with Crippen molar-refractivity contribution in [1.82, 2.24) is 25.6 Å². The summed E-state index contributed by atoms with van der Waals surface area (Å²) in [6.45, 7) is 15.8. The van der Waals surface area contributed by atoms with E-state index in [9.17, 15) is 4.79 Å². The third kappa shape index (κ3) is 8.26. The average molecular weight is 444 g/mol. The zero-order valence-corrected chi connectivity index (χ0v) is 20.7. The fourth-order valence-corrected chi connectivity index (χ4v) is 3.80. The Morgan fingerprint density at radius 3 is 2.48 bits per heavy atom. The second-order valence-electron chi connectivity index (χ2n) is 7.39. The summed E-state index contributed by atoms with van der Waals surface area (Å²) in [5.74, 6) is 0.656. The SMILES string of the molecule is C=C/C(=C\C(=C(/C)CCC)C(NC)c1csc(-c2ncc(C)[nH]2)n1)NC(C)=O.CCC. The second-order valence-corrected chi connectivity index (χ2v) is 8.25. The average Bonchev–Trinajstić information content (AvgIpc) is 3.36. The number of nitrogens with one attached hydrogen (secondary N) is 3. The quantitative estimate of drug-likeness (QED) is 0.425. The van der Waals surface area contributed by atoms with Crippen LogP contribution in [0.2, 0.25) is 0 Å². The van der Waals surface area contributed by atoms with Crippen molar-refractivity contribution in [2.45, 2.75) is 66.8 Å². The predicted octanol–water partition coefficient (Wildman–Crippen LogP) is 5.84. The molecule has 1 amide bonds. The molecule has 170 valence electrons. The van der Waals surface area contributed by atoms with Gasteiger partial charge in [-0.1, -0.05) is 45.8 Å². The molecule has 0 saturated heterocycles. The molecule has 2 heterocycles. The van der Waals surface area contributed by atoms with Gasteiger partial charge in [-0.3, -0.25) is 4.79 Å². The van der Waals surface area contributed by atoms with Crippen molar-refractivity contribution in [2.24, 2.45) is 0 Å². The zero-order chi connectivity index (χ0) is 23.4. The van der Waals surface area contributed by atoms with E-state index in [0.717, 1.165) is 40.6 Å². The smallest absolute Gasteiger partial charge is 0.221 e. The molecule has 2 aromatic heterocycles. The number of H-pyrrole nitrogens is 1. The molecule has 31 heavy (non-hydrogen) atoms. The first-order valence-electron chi connectivity index (χ1n) is 10.8. The van der Waals surface area contributed by atoms with E-state index in [2.05, 4.69) is 54.9 Å². The highest BCUT2D eigenvalue weighted by Crippen LogP contribution is 2.31. The Kier molecular flexibility index (Phi) is 11.7. The van der Waals surface area contributed by atoms with Crippen molar-refractivity contribution in [3.05, 3.63) is 58.5 Å². The Balaban J connectivity index is 0.00000151. The van der Waals surface area contributed by atoms with Gasteiger partial charge in [0, 0.05) is 29.9 Å². The first-order valence-corrected chi connectivity index (χ1v) is 11.6. The van der Waals surface area contributed by atoms with Crippen LogP contribution in [0.4, 0.5) is 0 Å². The molecule has 0 saturated carbocycles. The van der Waals surface area contributed by atoms with E-state index >= 15 is 0 Å². The molecule has 2 aromatic rings. The molecule has 1 atom stereocenters. The molecule has 0 spiro atoms. The molecule has 0 aliphatic carbocycles. The molecule has 0 aliphatic rings. The molecule has 3 N–H and O–H groups in total. The third-order valence-electron chi connectivity index (χ3n) is 4.29. The summed E-state index contributed by atoms with van der Waals surface area (Å²) >= 11 is 1.56. The van der Waals surface area contributed by atoms with Crippen molar-refractivity contribution in [3.8, 4) is 10.8 Å². The molecular formula is C24H37N5OS. The second kappa shape index (κ2) is 13.7. The number of imidazole rings is 1. The van der Waals surface area contributed by atoms with Crippen LogP contribution in [0.3, 0.4) is 0 Å². The number of allylic oxidation sites excluding steroid dienone is 2. The molecule has 0 radical (unpaired) electrons. The monoisotopic (exact) mass is 443 g/mol. The minimum atomic E-state index is -0.121. The van der Waals surface area contributed by atoms with Gasteiger partial charge in [-0.05, 0) is 45.0 Å². The van der Waals surface area contributed by atoms with E-state index in [4.69, 9.17) is 4.98 Å². The van der Waals surface area contributed by atoms with Crippen LogP contribution in [0, 0.1) is 6.92 Å². The fourth-order valence-electron chi connectivity index (χ4n) is 3.00. The highest BCUT2D eigenvalue weighted by Gasteiger charge is 2.20. The van der Waals surface area contributed by atoms with Gasteiger partial charge in [0.2, 0.25) is 5.91 Å². The van der Waals surface area contributed by atoms with E-state index in [1.165, 1.54) is 18.9 Å². The number of nitrogens with zero attached hydrogens (tertiary/aromatic N) is 2. The number of aromatic amines is 1. The number of amides is 1. The number of hydrogen-bond donors (Lipinski definition) is 3. The fraction of sp³-hybridized carbons (Fsp3) is 0.458. The van der Waals surface area contributed by atoms with Crippen LogP contribution in [0.15, 0.2) is 47.2 Å². The van der Waals surface area contributed by atoms with E-state index in [1.807, 2.05) is 25.4 Å². The lowest BCUT2D eigenvalue weighted by molar-refractivity contribution is -0.118. The first kappa shape index (κ1) is 26.5. The molecule has 0 aliphatic heterocycles. The molecule has 0 aromatic carbocycles. The van der Waals surface area contributed by atoms with Gasteiger partial charge in [0.15, 0.2) is 10.8 Å².